The fourth-order valence-corrected chi connectivity index (χ4v) is 6.54. The van der Waals surface area contributed by atoms with E-state index in [2.05, 4.69) is 34.2 Å². The average molecular weight is 463 g/mol. The number of hydrazone groups is 1. The second kappa shape index (κ2) is 8.36. The van der Waals surface area contributed by atoms with Gasteiger partial charge in [0.05, 0.1) is 0 Å². The number of ether oxygens (including phenoxy) is 1. The molecule has 7 heteroatoms. The number of rotatable bonds is 5. The number of anilines is 1. The van der Waals surface area contributed by atoms with Gasteiger partial charge in [-0.1, -0.05) is 0 Å². The van der Waals surface area contributed by atoms with Crippen LogP contribution in [0.1, 0.15) is 12.5 Å². The van der Waals surface area contributed by atoms with E-state index in [9.17, 15) is 4.79 Å². The van der Waals surface area contributed by atoms with Gasteiger partial charge in [0, 0.05) is 0 Å². The topological polar surface area (TPSA) is 45.1 Å². The van der Waals surface area contributed by atoms with Crippen molar-refractivity contribution in [2.75, 3.05) is 31.3 Å². The van der Waals surface area contributed by atoms with Gasteiger partial charge in [-0.15, -0.1) is 0 Å². The van der Waals surface area contributed by atoms with Crippen LogP contribution < -0.4 is 5.01 Å². The van der Waals surface area contributed by atoms with Gasteiger partial charge in [0.1, 0.15) is 0 Å². The minimum atomic E-state index is -0.382. The maximum absolute atomic E-state index is 12.3. The van der Waals surface area contributed by atoms with Crippen LogP contribution in [0.15, 0.2) is 59.7 Å². The molecule has 0 N–H and O–H groups in total. The van der Waals surface area contributed by atoms with Gasteiger partial charge in [-0.25, -0.2) is 0 Å². The van der Waals surface area contributed by atoms with Gasteiger partial charge in [0.15, 0.2) is 0 Å². The fourth-order valence-electron chi connectivity index (χ4n) is 3.56. The third-order valence-corrected chi connectivity index (χ3v) is 8.26. The molecule has 0 spiro atoms. The van der Waals surface area contributed by atoms with Gasteiger partial charge in [-0.2, -0.15) is 0 Å². The summed E-state index contributed by atoms with van der Waals surface area (Å²) in [7, 11) is 0. The van der Waals surface area contributed by atoms with E-state index in [-0.39, 0.29) is 25.3 Å². The predicted molar refractivity (Wildman–Crippen MR) is 113 cm³/mol. The summed E-state index contributed by atoms with van der Waals surface area (Å²) in [6, 6.07) is 18.1. The molecule has 2 aromatic carbocycles. The van der Waals surface area contributed by atoms with Crippen LogP contribution in [0, 0.1) is 0 Å². The first-order chi connectivity index (χ1) is 13.6. The van der Waals surface area contributed by atoms with Gasteiger partial charge < -0.3 is 0 Å². The van der Waals surface area contributed by atoms with Crippen molar-refractivity contribution in [3.05, 3.63) is 65.2 Å². The van der Waals surface area contributed by atoms with E-state index in [0.29, 0.717) is 17.8 Å². The molecule has 1 fully saturated rings. The van der Waals surface area contributed by atoms with E-state index in [1.165, 1.54) is 5.56 Å². The molecular formula is C21H22ClN3O2Se. The first-order valence-corrected chi connectivity index (χ1v) is 11.4. The zero-order valence-electron chi connectivity index (χ0n) is 15.7. The number of halogens is 1. The third-order valence-electron chi connectivity index (χ3n) is 4.94. The zero-order valence-corrected chi connectivity index (χ0v) is 18.1. The van der Waals surface area contributed by atoms with Gasteiger partial charge in [-0.05, 0) is 0 Å². The second-order valence-corrected chi connectivity index (χ2v) is 9.90. The van der Waals surface area contributed by atoms with Crippen LogP contribution in [0.5, 0.6) is 0 Å². The molecule has 146 valence electrons. The molecular weight excluding hydrogens is 441 g/mol. The second-order valence-electron chi connectivity index (χ2n) is 6.86. The van der Waals surface area contributed by atoms with Crippen molar-refractivity contribution in [3.8, 4) is 0 Å². The number of ketones is 1. The van der Waals surface area contributed by atoms with Crippen molar-refractivity contribution in [2.24, 2.45) is 5.10 Å². The molecule has 1 saturated heterocycles. The molecule has 4 rings (SSSR count). The normalized spacial score (nSPS) is 22.9. The molecule has 0 amide bonds. The fraction of sp³-hybridized carbons (Fsp3) is 0.333. The summed E-state index contributed by atoms with van der Waals surface area (Å²) in [6.45, 7) is 4.63. The summed E-state index contributed by atoms with van der Waals surface area (Å²) < 4.78 is 5.91. The summed E-state index contributed by atoms with van der Waals surface area (Å²) >= 11 is 5.97. The molecule has 2 heterocycles. The number of morpholine rings is 1. The molecule has 5 nitrogen and oxygen atoms in total. The van der Waals surface area contributed by atoms with Gasteiger partial charge in [0.25, 0.3) is 0 Å². The van der Waals surface area contributed by atoms with E-state index in [1.807, 2.05) is 30.3 Å². The molecule has 28 heavy (non-hydrogen) atoms. The Hall–Kier alpha value is -1.69. The van der Waals surface area contributed by atoms with Crippen molar-refractivity contribution in [1.82, 2.24) is 4.90 Å². The molecule has 2 aromatic rings. The van der Waals surface area contributed by atoms with Crippen LogP contribution in [0.25, 0.3) is 0 Å². The van der Waals surface area contributed by atoms with E-state index in [4.69, 9.17) is 21.4 Å². The Balaban J connectivity index is 1.79. The van der Waals surface area contributed by atoms with E-state index >= 15 is 0 Å². The summed E-state index contributed by atoms with van der Waals surface area (Å²) in [6.07, 6.45) is 0.763. The van der Waals surface area contributed by atoms with Gasteiger partial charge >= 0.3 is 177 Å². The molecule has 0 saturated carbocycles. The van der Waals surface area contributed by atoms with Crippen LogP contribution in [-0.4, -0.2) is 61.1 Å². The van der Waals surface area contributed by atoms with Crippen LogP contribution in [0.4, 0.5) is 5.69 Å². The van der Waals surface area contributed by atoms with Crippen molar-refractivity contribution in [3.63, 3.8) is 0 Å². The van der Waals surface area contributed by atoms with Gasteiger partial charge in [0.2, 0.25) is 0 Å². The third kappa shape index (κ3) is 3.88. The number of hydrogen-bond donors (Lipinski definition) is 0. The van der Waals surface area contributed by atoms with Gasteiger partial charge in [-0.3, -0.25) is 0 Å². The Morgan fingerprint density at radius 3 is 2.46 bits per heavy atom. The van der Waals surface area contributed by atoms with Crippen LogP contribution >= 0.6 is 11.6 Å². The molecule has 1 unspecified atom stereocenters. The summed E-state index contributed by atoms with van der Waals surface area (Å²) in [5.41, 5.74) is 2.18. The van der Waals surface area contributed by atoms with Crippen molar-refractivity contribution >= 4 is 42.6 Å². The Morgan fingerprint density at radius 2 is 1.82 bits per heavy atom. The quantitative estimate of drug-likeness (QED) is 0.641. The molecule has 0 radical (unpaired) electrons. The van der Waals surface area contributed by atoms with Crippen LogP contribution in [-0.2, 0) is 16.0 Å². The standard InChI is InChI=1S/C21H22ClN3O2Se/c1-16(26)20-23-25(19-5-3-2-4-6-19)21(28-20,24-11-13-27-14-12-24)15-17-7-9-18(22)10-8-17/h2-10H,11-15H2,1H3. The number of hydrogen-bond acceptors (Lipinski definition) is 5. The predicted octanol–water partition coefficient (Wildman–Crippen LogP) is 3.00. The first-order valence-electron chi connectivity index (χ1n) is 9.29. The molecule has 0 aliphatic carbocycles. The SMILES string of the molecule is CC(=O)C1=NN(c2ccccc2)C(Cc2ccc(Cl)cc2)(N2CCOCC2)[Se]1. The van der Waals surface area contributed by atoms with E-state index in [0.717, 1.165) is 30.2 Å². The number of nitrogens with zero attached hydrogens (tertiary/aromatic N) is 3. The molecule has 0 aromatic heterocycles. The number of benzene rings is 2. The van der Waals surface area contributed by atoms with E-state index < -0.39 is 0 Å². The van der Waals surface area contributed by atoms with Crippen molar-refractivity contribution in [2.45, 2.75) is 17.9 Å². The summed E-state index contributed by atoms with van der Waals surface area (Å²) in [5.74, 6) is 0.0483. The molecule has 0 bridgehead atoms. The zero-order chi connectivity index (χ0) is 19.6. The Kier molecular flexibility index (Phi) is 5.85. The Bertz CT molecular complexity index is 869. The van der Waals surface area contributed by atoms with Crippen molar-refractivity contribution in [1.29, 1.82) is 0 Å². The Morgan fingerprint density at radius 1 is 1.14 bits per heavy atom. The number of Topliss-reactive ketones (excluding diaryl/α,β-unsaturated/α-hetero) is 1. The minimum absolute atomic E-state index is 0.0483. The van der Waals surface area contributed by atoms with Crippen molar-refractivity contribution < 1.29 is 9.53 Å². The van der Waals surface area contributed by atoms with Crippen LogP contribution in [0.2, 0.25) is 5.02 Å². The van der Waals surface area contributed by atoms with E-state index in [1.54, 1.807) is 6.92 Å². The average Bonchev–Trinajstić information content (AvgIpc) is 3.12. The monoisotopic (exact) mass is 463 g/mol. The number of carbonyl (C=O) groups excluding carboxylic acids is 1. The number of para-hydroxylation sites is 1. The molecule has 2 aliphatic rings. The van der Waals surface area contributed by atoms with Crippen LogP contribution in [0.3, 0.4) is 0 Å². The first kappa shape index (κ1) is 19.6. The molecule has 1 atom stereocenters. The number of carbonyl (C=O) groups is 1. The molecule has 2 aliphatic heterocycles. The Labute approximate surface area is 176 Å². The summed E-state index contributed by atoms with van der Waals surface area (Å²) in [4.78, 5) is 14.7. The maximum atomic E-state index is 12.3. The summed E-state index contributed by atoms with van der Waals surface area (Å²) in [5, 5.41) is 7.62.